The Morgan fingerprint density at radius 2 is 1.90 bits per heavy atom. The van der Waals surface area contributed by atoms with Crippen molar-refractivity contribution in [1.29, 1.82) is 0 Å². The summed E-state index contributed by atoms with van der Waals surface area (Å²) in [5, 5.41) is -0.238. The molecule has 2 rings (SSSR count). The number of halogens is 2. The van der Waals surface area contributed by atoms with Crippen molar-refractivity contribution in [1.82, 2.24) is 9.55 Å². The third-order valence-electron chi connectivity index (χ3n) is 3.72. The summed E-state index contributed by atoms with van der Waals surface area (Å²) in [5.41, 5.74) is 1.46. The Balaban J connectivity index is 2.76. The minimum Gasteiger partial charge on any atom is -0.494 e. The second kappa shape index (κ2) is 5.60. The van der Waals surface area contributed by atoms with E-state index in [4.69, 9.17) is 16.3 Å². The predicted octanol–water partition coefficient (Wildman–Crippen LogP) is 4.70. The fourth-order valence-electron chi connectivity index (χ4n) is 2.28. The molecular weight excluding hydrogens is 279 g/mol. The molecule has 0 fully saturated rings. The van der Waals surface area contributed by atoms with Crippen LogP contribution in [0.1, 0.15) is 44.9 Å². The molecule has 0 aliphatic carbocycles. The zero-order valence-electron chi connectivity index (χ0n) is 12.4. The van der Waals surface area contributed by atoms with E-state index in [9.17, 15) is 4.39 Å². The summed E-state index contributed by atoms with van der Waals surface area (Å²) in [6, 6.07) is 3.31. The molecule has 3 nitrogen and oxygen atoms in total. The Bertz CT molecular complexity index is 622. The van der Waals surface area contributed by atoms with E-state index >= 15 is 0 Å². The first-order chi connectivity index (χ1) is 9.36. The topological polar surface area (TPSA) is 27.1 Å². The Labute approximate surface area is 123 Å². The maximum Gasteiger partial charge on any atom is 0.167 e. The summed E-state index contributed by atoms with van der Waals surface area (Å²) in [5.74, 6) is 0.993. The summed E-state index contributed by atoms with van der Waals surface area (Å²) >= 11 is 6.23. The zero-order chi connectivity index (χ0) is 15.0. The van der Waals surface area contributed by atoms with Crippen molar-refractivity contribution in [2.75, 3.05) is 7.11 Å². The van der Waals surface area contributed by atoms with E-state index in [1.54, 1.807) is 6.07 Å². The molecule has 0 aliphatic rings. The number of nitrogens with zero attached hydrogens (tertiary/aromatic N) is 2. The van der Waals surface area contributed by atoms with Gasteiger partial charge >= 0.3 is 0 Å². The predicted molar refractivity (Wildman–Crippen MR) is 80.1 cm³/mol. The standard InChI is InChI=1S/C15H20ClFN2O/c1-8(2)10(4)19-13-7-14(20-5)11(17)6-12(13)18-15(19)9(3)16/h6-10H,1-5H3. The molecular formula is C15H20ClFN2O. The van der Waals surface area contributed by atoms with E-state index in [0.29, 0.717) is 11.4 Å². The highest BCUT2D eigenvalue weighted by Crippen LogP contribution is 2.33. The van der Waals surface area contributed by atoms with Gasteiger partial charge in [-0.3, -0.25) is 0 Å². The van der Waals surface area contributed by atoms with Crippen molar-refractivity contribution in [3.63, 3.8) is 0 Å². The van der Waals surface area contributed by atoms with E-state index in [1.165, 1.54) is 13.2 Å². The van der Waals surface area contributed by atoms with Crippen molar-refractivity contribution in [2.45, 2.75) is 39.1 Å². The molecule has 1 aromatic heterocycles. The van der Waals surface area contributed by atoms with Crippen LogP contribution in [0.5, 0.6) is 5.75 Å². The highest BCUT2D eigenvalue weighted by Gasteiger charge is 2.22. The minimum atomic E-state index is -0.407. The lowest BCUT2D eigenvalue weighted by molar-refractivity contribution is 0.385. The number of ether oxygens (including phenoxy) is 1. The first-order valence-corrected chi connectivity index (χ1v) is 7.19. The van der Waals surface area contributed by atoms with Crippen LogP contribution in [0.4, 0.5) is 4.39 Å². The quantitative estimate of drug-likeness (QED) is 0.765. The second-order valence-electron chi connectivity index (χ2n) is 5.42. The first-order valence-electron chi connectivity index (χ1n) is 6.76. The third kappa shape index (κ3) is 2.49. The largest absolute Gasteiger partial charge is 0.494 e. The number of fused-ring (bicyclic) bond motifs is 1. The number of aromatic nitrogens is 2. The molecule has 1 heterocycles. The lowest BCUT2D eigenvalue weighted by Gasteiger charge is -2.22. The van der Waals surface area contributed by atoms with Gasteiger partial charge in [-0.2, -0.15) is 0 Å². The van der Waals surface area contributed by atoms with Crippen LogP contribution < -0.4 is 4.74 Å². The molecule has 110 valence electrons. The van der Waals surface area contributed by atoms with Crippen molar-refractivity contribution >= 4 is 22.6 Å². The van der Waals surface area contributed by atoms with E-state index in [1.807, 2.05) is 6.92 Å². The SMILES string of the molecule is COc1cc2c(cc1F)nc(C(C)Cl)n2C(C)C(C)C. The summed E-state index contributed by atoms with van der Waals surface area (Å²) in [6.07, 6.45) is 0. The smallest absolute Gasteiger partial charge is 0.167 e. The van der Waals surface area contributed by atoms with Crippen LogP contribution in [0.25, 0.3) is 11.0 Å². The van der Waals surface area contributed by atoms with Crippen LogP contribution >= 0.6 is 11.6 Å². The molecule has 0 saturated carbocycles. The van der Waals surface area contributed by atoms with Crippen LogP contribution in [0.3, 0.4) is 0 Å². The fraction of sp³-hybridized carbons (Fsp3) is 0.533. The molecule has 0 saturated heterocycles. The maximum atomic E-state index is 13.8. The molecule has 0 bridgehead atoms. The molecule has 2 unspecified atom stereocenters. The highest BCUT2D eigenvalue weighted by atomic mass is 35.5. The van der Waals surface area contributed by atoms with Crippen molar-refractivity contribution in [3.8, 4) is 5.75 Å². The number of imidazole rings is 1. The van der Waals surface area contributed by atoms with Crippen molar-refractivity contribution < 1.29 is 9.13 Å². The van der Waals surface area contributed by atoms with Gasteiger partial charge in [0.1, 0.15) is 5.82 Å². The van der Waals surface area contributed by atoms with Gasteiger partial charge in [0.15, 0.2) is 11.6 Å². The minimum absolute atomic E-state index is 0.214. The third-order valence-corrected chi connectivity index (χ3v) is 3.91. The van der Waals surface area contributed by atoms with Crippen molar-refractivity contribution in [2.24, 2.45) is 5.92 Å². The van der Waals surface area contributed by atoms with E-state index in [-0.39, 0.29) is 17.2 Å². The van der Waals surface area contributed by atoms with Crippen LogP contribution in [0, 0.1) is 11.7 Å². The molecule has 5 heteroatoms. The van der Waals surface area contributed by atoms with Crippen molar-refractivity contribution in [3.05, 3.63) is 23.8 Å². The molecule has 1 aromatic carbocycles. The average molecular weight is 299 g/mol. The van der Waals surface area contributed by atoms with E-state index < -0.39 is 5.82 Å². The van der Waals surface area contributed by atoms with Gasteiger partial charge in [-0.25, -0.2) is 9.37 Å². The molecule has 0 spiro atoms. The summed E-state index contributed by atoms with van der Waals surface area (Å²) < 4.78 is 21.0. The van der Waals surface area contributed by atoms with Gasteiger partial charge in [0.25, 0.3) is 0 Å². The van der Waals surface area contributed by atoms with Crippen LogP contribution in [-0.2, 0) is 0 Å². The Kier molecular flexibility index (Phi) is 4.23. The maximum absolute atomic E-state index is 13.8. The van der Waals surface area contributed by atoms with Crippen LogP contribution in [-0.4, -0.2) is 16.7 Å². The number of hydrogen-bond acceptors (Lipinski definition) is 2. The molecule has 0 amide bonds. The Morgan fingerprint density at radius 3 is 2.40 bits per heavy atom. The number of benzene rings is 1. The highest BCUT2D eigenvalue weighted by molar-refractivity contribution is 6.20. The Morgan fingerprint density at radius 1 is 1.25 bits per heavy atom. The van der Waals surface area contributed by atoms with Gasteiger partial charge in [0.2, 0.25) is 0 Å². The van der Waals surface area contributed by atoms with Gasteiger partial charge in [0, 0.05) is 18.2 Å². The van der Waals surface area contributed by atoms with Crippen LogP contribution in [0.15, 0.2) is 12.1 Å². The second-order valence-corrected chi connectivity index (χ2v) is 6.07. The monoisotopic (exact) mass is 298 g/mol. The number of alkyl halides is 1. The van der Waals surface area contributed by atoms with Gasteiger partial charge in [-0.05, 0) is 19.8 Å². The van der Waals surface area contributed by atoms with Gasteiger partial charge in [-0.15, -0.1) is 11.6 Å². The number of methoxy groups -OCH3 is 1. The summed E-state index contributed by atoms with van der Waals surface area (Å²) in [4.78, 5) is 4.49. The lowest BCUT2D eigenvalue weighted by Crippen LogP contribution is -2.15. The number of hydrogen-bond donors (Lipinski definition) is 0. The Hall–Kier alpha value is -1.29. The molecule has 2 atom stereocenters. The molecule has 2 aromatic rings. The zero-order valence-corrected chi connectivity index (χ0v) is 13.2. The van der Waals surface area contributed by atoms with E-state index in [0.717, 1.165) is 11.3 Å². The lowest BCUT2D eigenvalue weighted by atomic mass is 10.1. The molecule has 20 heavy (non-hydrogen) atoms. The van der Waals surface area contributed by atoms with Gasteiger partial charge in [0.05, 0.1) is 23.5 Å². The van der Waals surface area contributed by atoms with Crippen LogP contribution in [0.2, 0.25) is 0 Å². The molecule has 0 radical (unpaired) electrons. The normalized spacial score (nSPS) is 14.8. The first kappa shape index (κ1) is 15.1. The van der Waals surface area contributed by atoms with E-state index in [2.05, 4.69) is 30.3 Å². The average Bonchev–Trinajstić information content (AvgIpc) is 2.74. The van der Waals surface area contributed by atoms with Gasteiger partial charge in [-0.1, -0.05) is 13.8 Å². The fourth-order valence-corrected chi connectivity index (χ4v) is 2.43. The summed E-state index contributed by atoms with van der Waals surface area (Å²) in [6.45, 7) is 8.27. The number of rotatable bonds is 4. The van der Waals surface area contributed by atoms with Gasteiger partial charge < -0.3 is 9.30 Å². The summed E-state index contributed by atoms with van der Waals surface area (Å²) in [7, 11) is 1.46. The molecule has 0 aliphatic heterocycles. The molecule has 0 N–H and O–H groups in total.